The molecule has 100 valence electrons. The first kappa shape index (κ1) is 13.6. The third-order valence-corrected chi connectivity index (χ3v) is 3.17. The van der Waals surface area contributed by atoms with Gasteiger partial charge in [-0.2, -0.15) is 0 Å². The van der Waals surface area contributed by atoms with Gasteiger partial charge in [-0.15, -0.1) is 0 Å². The van der Waals surface area contributed by atoms with Crippen LogP contribution >= 0.6 is 0 Å². The summed E-state index contributed by atoms with van der Waals surface area (Å²) in [6.07, 6.45) is 0. The molecular formula is C16H19FN2. The van der Waals surface area contributed by atoms with Gasteiger partial charge in [0, 0.05) is 24.0 Å². The fourth-order valence-electron chi connectivity index (χ4n) is 2.12. The van der Waals surface area contributed by atoms with Gasteiger partial charge in [0.15, 0.2) is 0 Å². The summed E-state index contributed by atoms with van der Waals surface area (Å²) in [6.45, 7) is 4.78. The molecule has 0 aliphatic heterocycles. The molecule has 0 aromatic heterocycles. The van der Waals surface area contributed by atoms with Crippen LogP contribution in [0, 0.1) is 5.82 Å². The van der Waals surface area contributed by atoms with Crippen LogP contribution in [0.1, 0.15) is 25.5 Å². The van der Waals surface area contributed by atoms with E-state index in [1.54, 1.807) is 12.1 Å². The number of rotatable bonds is 4. The number of nitrogens with zero attached hydrogens (tertiary/aromatic N) is 1. The van der Waals surface area contributed by atoms with Crippen molar-refractivity contribution in [3.63, 3.8) is 0 Å². The van der Waals surface area contributed by atoms with Gasteiger partial charge in [0.05, 0.1) is 0 Å². The molecule has 0 fully saturated rings. The third kappa shape index (κ3) is 3.12. The summed E-state index contributed by atoms with van der Waals surface area (Å²) in [5.41, 5.74) is 8.83. The normalized spacial score (nSPS) is 12.2. The highest BCUT2D eigenvalue weighted by molar-refractivity contribution is 5.63. The van der Waals surface area contributed by atoms with Crippen LogP contribution in [0.3, 0.4) is 0 Å². The summed E-state index contributed by atoms with van der Waals surface area (Å²) in [4.78, 5) is 2.06. The fourth-order valence-corrected chi connectivity index (χ4v) is 2.12. The van der Waals surface area contributed by atoms with Crippen LogP contribution in [-0.4, -0.2) is 6.54 Å². The van der Waals surface area contributed by atoms with Crippen molar-refractivity contribution in [3.05, 3.63) is 59.9 Å². The van der Waals surface area contributed by atoms with E-state index in [1.807, 2.05) is 44.2 Å². The molecule has 2 rings (SSSR count). The van der Waals surface area contributed by atoms with Crippen LogP contribution in [-0.2, 0) is 0 Å². The van der Waals surface area contributed by atoms with Gasteiger partial charge in [-0.25, -0.2) is 4.39 Å². The average Bonchev–Trinajstić information content (AvgIpc) is 2.40. The molecule has 3 heteroatoms. The van der Waals surface area contributed by atoms with Gasteiger partial charge in [-0.3, -0.25) is 0 Å². The highest BCUT2D eigenvalue weighted by atomic mass is 19.1. The van der Waals surface area contributed by atoms with Crippen molar-refractivity contribution in [2.45, 2.75) is 19.9 Å². The topological polar surface area (TPSA) is 29.3 Å². The van der Waals surface area contributed by atoms with Crippen LogP contribution in [0.5, 0.6) is 0 Å². The molecule has 2 nitrogen and oxygen atoms in total. The molecular weight excluding hydrogens is 239 g/mol. The van der Waals surface area contributed by atoms with Gasteiger partial charge in [0.2, 0.25) is 0 Å². The Hall–Kier alpha value is -1.87. The second-order valence-corrected chi connectivity index (χ2v) is 4.60. The van der Waals surface area contributed by atoms with Gasteiger partial charge in [-0.1, -0.05) is 18.2 Å². The quantitative estimate of drug-likeness (QED) is 0.898. The Bertz CT molecular complexity index is 535. The van der Waals surface area contributed by atoms with Crippen LogP contribution < -0.4 is 10.6 Å². The molecule has 0 saturated carbocycles. The maximum atomic E-state index is 13.3. The number of anilines is 2. The average molecular weight is 258 g/mol. The SMILES string of the molecule is CCN(c1ccc([C@@H](C)N)cc1)c1cccc(F)c1. The molecule has 0 bridgehead atoms. The van der Waals surface area contributed by atoms with Gasteiger partial charge in [0.25, 0.3) is 0 Å². The second-order valence-electron chi connectivity index (χ2n) is 4.60. The molecule has 2 aromatic rings. The Morgan fingerprint density at radius 1 is 1.11 bits per heavy atom. The molecule has 0 aliphatic carbocycles. The zero-order valence-electron chi connectivity index (χ0n) is 11.3. The lowest BCUT2D eigenvalue weighted by atomic mass is 10.1. The summed E-state index contributed by atoms with van der Waals surface area (Å²) < 4.78 is 13.3. The van der Waals surface area contributed by atoms with Crippen LogP contribution in [0.4, 0.5) is 15.8 Å². The predicted octanol–water partition coefficient (Wildman–Crippen LogP) is 4.00. The van der Waals surface area contributed by atoms with Gasteiger partial charge in [-0.05, 0) is 49.7 Å². The monoisotopic (exact) mass is 258 g/mol. The van der Waals surface area contributed by atoms with Crippen LogP contribution in [0.25, 0.3) is 0 Å². The molecule has 2 N–H and O–H groups in total. The van der Waals surface area contributed by atoms with Crippen molar-refractivity contribution in [2.75, 3.05) is 11.4 Å². The van der Waals surface area contributed by atoms with E-state index < -0.39 is 0 Å². The van der Waals surface area contributed by atoms with Crippen LogP contribution in [0.2, 0.25) is 0 Å². The minimum absolute atomic E-state index is 0.0262. The van der Waals surface area contributed by atoms with Gasteiger partial charge in [0.1, 0.15) is 5.82 Å². The highest BCUT2D eigenvalue weighted by Gasteiger charge is 2.08. The fraction of sp³-hybridized carbons (Fsp3) is 0.250. The molecule has 0 saturated heterocycles. The van der Waals surface area contributed by atoms with Crippen molar-refractivity contribution in [3.8, 4) is 0 Å². The van der Waals surface area contributed by atoms with E-state index in [1.165, 1.54) is 6.07 Å². The van der Waals surface area contributed by atoms with E-state index in [0.29, 0.717) is 0 Å². The Morgan fingerprint density at radius 2 is 1.79 bits per heavy atom. The molecule has 0 spiro atoms. The first-order valence-corrected chi connectivity index (χ1v) is 6.50. The van der Waals surface area contributed by atoms with E-state index in [2.05, 4.69) is 4.90 Å². The van der Waals surface area contributed by atoms with E-state index in [9.17, 15) is 4.39 Å². The lowest BCUT2D eigenvalue weighted by molar-refractivity contribution is 0.627. The number of hydrogen-bond donors (Lipinski definition) is 1. The molecule has 0 heterocycles. The summed E-state index contributed by atoms with van der Waals surface area (Å²) >= 11 is 0. The van der Waals surface area contributed by atoms with Crippen molar-refractivity contribution >= 4 is 11.4 Å². The summed E-state index contributed by atoms with van der Waals surface area (Å²) in [5, 5.41) is 0. The molecule has 0 aliphatic rings. The first-order chi connectivity index (χ1) is 9.11. The number of halogens is 1. The molecule has 0 amide bonds. The molecule has 0 radical (unpaired) electrons. The van der Waals surface area contributed by atoms with E-state index in [0.717, 1.165) is 23.5 Å². The second kappa shape index (κ2) is 5.85. The molecule has 1 atom stereocenters. The smallest absolute Gasteiger partial charge is 0.125 e. The van der Waals surface area contributed by atoms with Gasteiger partial charge >= 0.3 is 0 Å². The largest absolute Gasteiger partial charge is 0.342 e. The highest BCUT2D eigenvalue weighted by Crippen LogP contribution is 2.26. The lowest BCUT2D eigenvalue weighted by Gasteiger charge is -2.23. The molecule has 0 unspecified atom stereocenters. The maximum Gasteiger partial charge on any atom is 0.125 e. The zero-order valence-corrected chi connectivity index (χ0v) is 11.3. The minimum Gasteiger partial charge on any atom is -0.342 e. The van der Waals surface area contributed by atoms with Crippen molar-refractivity contribution in [2.24, 2.45) is 5.73 Å². The number of benzene rings is 2. The maximum absolute atomic E-state index is 13.3. The third-order valence-electron chi connectivity index (χ3n) is 3.17. The molecule has 19 heavy (non-hydrogen) atoms. The van der Waals surface area contributed by atoms with E-state index in [-0.39, 0.29) is 11.9 Å². The van der Waals surface area contributed by atoms with E-state index in [4.69, 9.17) is 5.73 Å². The number of hydrogen-bond acceptors (Lipinski definition) is 2. The van der Waals surface area contributed by atoms with E-state index >= 15 is 0 Å². The number of nitrogens with two attached hydrogens (primary N) is 1. The predicted molar refractivity (Wildman–Crippen MR) is 78.1 cm³/mol. The Kier molecular flexibility index (Phi) is 4.17. The van der Waals surface area contributed by atoms with Crippen molar-refractivity contribution in [1.29, 1.82) is 0 Å². The Balaban J connectivity index is 2.31. The zero-order chi connectivity index (χ0) is 13.8. The summed E-state index contributed by atoms with van der Waals surface area (Å²) in [5.74, 6) is -0.219. The van der Waals surface area contributed by atoms with Crippen molar-refractivity contribution in [1.82, 2.24) is 0 Å². The Morgan fingerprint density at radius 3 is 2.32 bits per heavy atom. The Labute approximate surface area is 113 Å². The molecule has 2 aromatic carbocycles. The summed E-state index contributed by atoms with van der Waals surface area (Å²) in [7, 11) is 0. The van der Waals surface area contributed by atoms with Crippen LogP contribution in [0.15, 0.2) is 48.5 Å². The standard InChI is InChI=1S/C16H19FN2/c1-3-19(16-6-4-5-14(17)11-16)15-9-7-13(8-10-15)12(2)18/h4-12H,3,18H2,1-2H3/t12-/m1/s1. The first-order valence-electron chi connectivity index (χ1n) is 6.50. The minimum atomic E-state index is -0.219. The van der Waals surface area contributed by atoms with Crippen molar-refractivity contribution < 1.29 is 4.39 Å². The van der Waals surface area contributed by atoms with Gasteiger partial charge < -0.3 is 10.6 Å². The summed E-state index contributed by atoms with van der Waals surface area (Å²) in [6, 6.07) is 14.7. The lowest BCUT2D eigenvalue weighted by Crippen LogP contribution is -2.16.